The highest BCUT2D eigenvalue weighted by Crippen LogP contribution is 2.36. The number of H-pyrrole nitrogens is 2. The summed E-state index contributed by atoms with van der Waals surface area (Å²) in [7, 11) is 0. The predicted molar refractivity (Wildman–Crippen MR) is 99.4 cm³/mol. The second-order valence-electron chi connectivity index (χ2n) is 7.00. The topological polar surface area (TPSA) is 94.8 Å². The van der Waals surface area contributed by atoms with Gasteiger partial charge in [-0.25, -0.2) is 0 Å². The fourth-order valence-corrected chi connectivity index (χ4v) is 3.66. The van der Waals surface area contributed by atoms with Crippen LogP contribution in [0.25, 0.3) is 11.0 Å². The summed E-state index contributed by atoms with van der Waals surface area (Å²) in [6.45, 7) is 4.17. The van der Waals surface area contributed by atoms with E-state index in [1.807, 2.05) is 6.92 Å². The predicted octanol–water partition coefficient (Wildman–Crippen LogP) is 2.19. The Hall–Kier alpha value is -3.15. The fourth-order valence-electron chi connectivity index (χ4n) is 3.66. The number of fused-ring (bicyclic) bond motifs is 2. The van der Waals surface area contributed by atoms with Crippen molar-refractivity contribution in [2.45, 2.75) is 26.3 Å². The summed E-state index contributed by atoms with van der Waals surface area (Å²) in [5, 5.41) is 3.12. The number of amides is 1. The Labute approximate surface area is 149 Å². The van der Waals surface area contributed by atoms with Gasteiger partial charge in [-0.1, -0.05) is 30.7 Å². The maximum absolute atomic E-state index is 12.8. The number of benzene rings is 2. The Morgan fingerprint density at radius 2 is 1.77 bits per heavy atom. The summed E-state index contributed by atoms with van der Waals surface area (Å²) >= 11 is 0. The highest BCUT2D eigenvalue weighted by atomic mass is 16.2. The minimum atomic E-state index is -0.733. The Balaban J connectivity index is 1.66. The molecular formula is C20H19N3O3. The third-order valence-electron chi connectivity index (χ3n) is 5.02. The van der Waals surface area contributed by atoms with Gasteiger partial charge in [0.25, 0.3) is 5.91 Å². The van der Waals surface area contributed by atoms with Crippen LogP contribution >= 0.6 is 0 Å². The van der Waals surface area contributed by atoms with Crippen LogP contribution in [0.3, 0.4) is 0 Å². The lowest BCUT2D eigenvalue weighted by Crippen LogP contribution is -2.31. The summed E-state index contributed by atoms with van der Waals surface area (Å²) in [6, 6.07) is 11.2. The van der Waals surface area contributed by atoms with Crippen molar-refractivity contribution in [3.05, 3.63) is 79.4 Å². The Morgan fingerprint density at radius 3 is 2.54 bits per heavy atom. The number of hydrogen-bond acceptors (Lipinski definition) is 3. The number of carbonyl (C=O) groups is 1. The number of aromatic amines is 2. The van der Waals surface area contributed by atoms with Gasteiger partial charge in [-0.3, -0.25) is 14.4 Å². The largest absolute Gasteiger partial charge is 0.345 e. The molecule has 1 aliphatic carbocycles. The van der Waals surface area contributed by atoms with E-state index in [1.54, 1.807) is 18.2 Å². The highest BCUT2D eigenvalue weighted by Gasteiger charge is 2.30. The normalized spacial score (nSPS) is 18.7. The van der Waals surface area contributed by atoms with Crippen LogP contribution < -0.4 is 16.4 Å². The van der Waals surface area contributed by atoms with Gasteiger partial charge in [-0.2, -0.15) is 0 Å². The molecule has 4 rings (SSSR count). The molecule has 132 valence electrons. The van der Waals surface area contributed by atoms with E-state index in [0.29, 0.717) is 22.5 Å². The SMILES string of the molecule is Cc1ccc2c(c1)[C@@H](NC(=O)c1ccc3[nH]c(=O)c(=O)[nH]c3c1)[C@H](C)C2. The molecular weight excluding hydrogens is 330 g/mol. The van der Waals surface area contributed by atoms with E-state index in [1.165, 1.54) is 16.7 Å². The molecule has 0 bridgehead atoms. The van der Waals surface area contributed by atoms with Gasteiger partial charge in [-0.05, 0) is 48.6 Å². The van der Waals surface area contributed by atoms with Crippen molar-refractivity contribution in [3.63, 3.8) is 0 Å². The monoisotopic (exact) mass is 349 g/mol. The fraction of sp³-hybridized carbons (Fsp3) is 0.250. The molecule has 6 heteroatoms. The molecule has 0 aliphatic heterocycles. The van der Waals surface area contributed by atoms with Gasteiger partial charge in [0.2, 0.25) is 0 Å². The molecule has 2 aromatic carbocycles. The Morgan fingerprint density at radius 1 is 1.04 bits per heavy atom. The molecule has 3 N–H and O–H groups in total. The zero-order valence-corrected chi connectivity index (χ0v) is 14.6. The molecule has 3 aromatic rings. The average Bonchev–Trinajstić information content (AvgIpc) is 2.90. The van der Waals surface area contributed by atoms with E-state index in [0.717, 1.165) is 6.42 Å². The number of aromatic nitrogens is 2. The minimum absolute atomic E-state index is 0.0391. The second-order valence-corrected chi connectivity index (χ2v) is 7.00. The maximum Gasteiger partial charge on any atom is 0.314 e. The van der Waals surface area contributed by atoms with Crippen LogP contribution in [0.4, 0.5) is 0 Å². The van der Waals surface area contributed by atoms with Gasteiger partial charge in [0.1, 0.15) is 0 Å². The molecule has 1 heterocycles. The van der Waals surface area contributed by atoms with E-state index in [4.69, 9.17) is 0 Å². The van der Waals surface area contributed by atoms with E-state index in [2.05, 4.69) is 40.4 Å². The third-order valence-corrected chi connectivity index (χ3v) is 5.02. The first-order valence-electron chi connectivity index (χ1n) is 8.59. The number of carbonyl (C=O) groups excluding carboxylic acids is 1. The smallest absolute Gasteiger partial charge is 0.314 e. The number of rotatable bonds is 2. The van der Waals surface area contributed by atoms with Crippen molar-refractivity contribution in [2.24, 2.45) is 5.92 Å². The van der Waals surface area contributed by atoms with E-state index < -0.39 is 11.1 Å². The molecule has 1 amide bonds. The van der Waals surface area contributed by atoms with Crippen molar-refractivity contribution < 1.29 is 4.79 Å². The lowest BCUT2D eigenvalue weighted by molar-refractivity contribution is 0.0927. The van der Waals surface area contributed by atoms with Gasteiger partial charge in [-0.15, -0.1) is 0 Å². The van der Waals surface area contributed by atoms with Gasteiger partial charge < -0.3 is 15.3 Å². The minimum Gasteiger partial charge on any atom is -0.345 e. The first-order chi connectivity index (χ1) is 12.4. The molecule has 6 nitrogen and oxygen atoms in total. The number of aryl methyl sites for hydroxylation is 1. The zero-order valence-electron chi connectivity index (χ0n) is 14.6. The van der Waals surface area contributed by atoms with Gasteiger partial charge in [0, 0.05) is 5.56 Å². The molecule has 0 fully saturated rings. The second kappa shape index (κ2) is 5.98. The standard InChI is InChI=1S/C20H19N3O3/c1-10-3-4-12-8-11(2)17(14(12)7-10)23-18(24)13-5-6-15-16(9-13)22-20(26)19(25)21-15/h3-7,9,11,17H,8H2,1-2H3,(H,21,25)(H,22,26)(H,23,24)/t11-,17+/m1/s1. The molecule has 2 atom stereocenters. The van der Waals surface area contributed by atoms with E-state index in [-0.39, 0.29) is 11.9 Å². The molecule has 1 aliphatic rings. The molecule has 0 spiro atoms. The van der Waals surface area contributed by atoms with Crippen molar-refractivity contribution in [1.29, 1.82) is 0 Å². The molecule has 0 saturated carbocycles. The quantitative estimate of drug-likeness (QED) is 0.619. The van der Waals surface area contributed by atoms with Gasteiger partial charge >= 0.3 is 11.1 Å². The molecule has 0 radical (unpaired) electrons. The van der Waals surface area contributed by atoms with E-state index >= 15 is 0 Å². The average molecular weight is 349 g/mol. The van der Waals surface area contributed by atoms with Crippen LogP contribution in [-0.4, -0.2) is 15.9 Å². The van der Waals surface area contributed by atoms with Crippen LogP contribution in [0, 0.1) is 12.8 Å². The van der Waals surface area contributed by atoms with Crippen LogP contribution in [0.5, 0.6) is 0 Å². The van der Waals surface area contributed by atoms with Crippen molar-refractivity contribution in [2.75, 3.05) is 0 Å². The van der Waals surface area contributed by atoms with Crippen LogP contribution in [0.15, 0.2) is 46.0 Å². The Bertz CT molecular complexity index is 1140. The summed E-state index contributed by atoms with van der Waals surface area (Å²) in [6.07, 6.45) is 0.937. The summed E-state index contributed by atoms with van der Waals surface area (Å²) in [5.41, 5.74) is 3.53. The number of hydrogen-bond donors (Lipinski definition) is 3. The molecule has 0 saturated heterocycles. The first kappa shape index (κ1) is 16.3. The lowest BCUT2D eigenvalue weighted by atomic mass is 10.0. The lowest BCUT2D eigenvalue weighted by Gasteiger charge is -2.19. The van der Waals surface area contributed by atoms with Crippen LogP contribution in [0.2, 0.25) is 0 Å². The third kappa shape index (κ3) is 2.73. The molecule has 26 heavy (non-hydrogen) atoms. The summed E-state index contributed by atoms with van der Waals surface area (Å²) in [4.78, 5) is 40.6. The van der Waals surface area contributed by atoms with Crippen molar-refractivity contribution >= 4 is 16.9 Å². The van der Waals surface area contributed by atoms with Gasteiger partial charge in [0.15, 0.2) is 0 Å². The maximum atomic E-state index is 12.8. The van der Waals surface area contributed by atoms with Crippen LogP contribution in [0.1, 0.15) is 40.0 Å². The molecule has 1 aromatic heterocycles. The molecule has 0 unspecified atom stereocenters. The first-order valence-corrected chi connectivity index (χ1v) is 8.59. The zero-order chi connectivity index (χ0) is 18.4. The van der Waals surface area contributed by atoms with Crippen molar-refractivity contribution in [1.82, 2.24) is 15.3 Å². The highest BCUT2D eigenvalue weighted by molar-refractivity contribution is 5.97. The van der Waals surface area contributed by atoms with Gasteiger partial charge in [0.05, 0.1) is 17.1 Å². The van der Waals surface area contributed by atoms with Crippen molar-refractivity contribution in [3.8, 4) is 0 Å². The van der Waals surface area contributed by atoms with Crippen LogP contribution in [-0.2, 0) is 6.42 Å². The summed E-state index contributed by atoms with van der Waals surface area (Å²) < 4.78 is 0. The number of nitrogens with one attached hydrogen (secondary N) is 3. The summed E-state index contributed by atoms with van der Waals surface area (Å²) in [5.74, 6) is 0.109. The van der Waals surface area contributed by atoms with E-state index in [9.17, 15) is 14.4 Å². The Kier molecular flexibility index (Phi) is 3.76.